The van der Waals surface area contributed by atoms with E-state index >= 15 is 0 Å². The van der Waals surface area contributed by atoms with Crippen LogP contribution in [0.2, 0.25) is 0 Å². The molecule has 0 spiro atoms. The van der Waals surface area contributed by atoms with Gasteiger partial charge < -0.3 is 20.1 Å². The molecule has 0 bridgehead atoms. The molecule has 1 fully saturated rings. The van der Waals surface area contributed by atoms with E-state index in [1.54, 1.807) is 17.0 Å². The summed E-state index contributed by atoms with van der Waals surface area (Å²) >= 11 is 0. The van der Waals surface area contributed by atoms with Gasteiger partial charge in [0.05, 0.1) is 0 Å². The number of ether oxygens (including phenoxy) is 1. The summed E-state index contributed by atoms with van der Waals surface area (Å²) in [6.07, 6.45) is 3.01. The van der Waals surface area contributed by atoms with Crippen LogP contribution in [-0.2, 0) is 0 Å². The van der Waals surface area contributed by atoms with Gasteiger partial charge in [-0.2, -0.15) is 0 Å². The van der Waals surface area contributed by atoms with Crippen molar-refractivity contribution in [2.45, 2.75) is 65.8 Å². The van der Waals surface area contributed by atoms with Gasteiger partial charge in [-0.05, 0) is 48.6 Å². The predicted molar refractivity (Wildman–Crippen MR) is 110 cm³/mol. The highest BCUT2D eigenvalue weighted by Crippen LogP contribution is 2.46. The number of hydrogen-bond donors (Lipinski definition) is 2. The van der Waals surface area contributed by atoms with Gasteiger partial charge in [0.2, 0.25) is 0 Å². The highest BCUT2D eigenvalue weighted by atomic mass is 16.6. The standard InChI is InChI=1S/C22H34N2O4/c1-5-6-12-24(20(27)28-18-10-8-7-9-11-18)16-22(4)14-17(23-19(25)26)13-21(2,3)15-22/h7-11,17,23H,5-6,12-16H2,1-4H3,(H,25,26). The molecule has 0 heterocycles. The van der Waals surface area contributed by atoms with Gasteiger partial charge in [-0.3, -0.25) is 0 Å². The van der Waals surface area contributed by atoms with Crippen LogP contribution in [0, 0.1) is 10.8 Å². The lowest BCUT2D eigenvalue weighted by molar-refractivity contribution is 0.0391. The van der Waals surface area contributed by atoms with Gasteiger partial charge in [-0.25, -0.2) is 9.59 Å². The molecule has 1 aliphatic rings. The SMILES string of the molecule is CCCCN(CC1(C)CC(NC(=O)O)CC(C)(C)C1)C(=O)Oc1ccccc1. The van der Waals surface area contributed by atoms with Crippen LogP contribution in [0.5, 0.6) is 5.75 Å². The van der Waals surface area contributed by atoms with Crippen LogP contribution in [-0.4, -0.2) is 41.3 Å². The molecule has 28 heavy (non-hydrogen) atoms. The molecule has 1 aromatic rings. The van der Waals surface area contributed by atoms with Crippen LogP contribution in [0.3, 0.4) is 0 Å². The third-order valence-electron chi connectivity index (χ3n) is 5.33. The fraction of sp³-hybridized carbons (Fsp3) is 0.636. The monoisotopic (exact) mass is 390 g/mol. The molecule has 2 amide bonds. The molecule has 1 saturated carbocycles. The van der Waals surface area contributed by atoms with Crippen LogP contribution < -0.4 is 10.1 Å². The predicted octanol–water partition coefficient (Wildman–Crippen LogP) is 5.14. The topological polar surface area (TPSA) is 78.9 Å². The Kier molecular flexibility index (Phi) is 7.33. The van der Waals surface area contributed by atoms with E-state index in [1.165, 1.54) is 0 Å². The fourth-order valence-corrected chi connectivity index (χ4v) is 4.73. The first-order valence-corrected chi connectivity index (χ1v) is 10.1. The zero-order chi connectivity index (χ0) is 20.8. The van der Waals surface area contributed by atoms with Crippen LogP contribution in [0.25, 0.3) is 0 Å². The van der Waals surface area contributed by atoms with E-state index in [-0.39, 0.29) is 23.0 Å². The van der Waals surface area contributed by atoms with E-state index in [0.717, 1.165) is 25.7 Å². The average molecular weight is 391 g/mol. The molecular weight excluding hydrogens is 356 g/mol. The number of hydrogen-bond acceptors (Lipinski definition) is 3. The molecule has 6 nitrogen and oxygen atoms in total. The van der Waals surface area contributed by atoms with Crippen molar-refractivity contribution in [3.63, 3.8) is 0 Å². The molecule has 0 radical (unpaired) electrons. The first kappa shape index (κ1) is 22.1. The average Bonchev–Trinajstić information content (AvgIpc) is 2.56. The molecule has 2 unspecified atom stereocenters. The first-order valence-electron chi connectivity index (χ1n) is 10.1. The highest BCUT2D eigenvalue weighted by molar-refractivity contribution is 5.70. The summed E-state index contributed by atoms with van der Waals surface area (Å²) < 4.78 is 5.58. The Morgan fingerprint density at radius 3 is 2.50 bits per heavy atom. The van der Waals surface area contributed by atoms with E-state index in [0.29, 0.717) is 25.3 Å². The summed E-state index contributed by atoms with van der Waals surface area (Å²) in [5.41, 5.74) is -0.182. The Morgan fingerprint density at radius 1 is 1.21 bits per heavy atom. The van der Waals surface area contributed by atoms with E-state index in [2.05, 4.69) is 33.0 Å². The Balaban J connectivity index is 2.14. The Hall–Kier alpha value is -2.24. The number of carboxylic acid groups (broad SMARTS) is 1. The minimum atomic E-state index is -0.989. The number of para-hydroxylation sites is 1. The Morgan fingerprint density at radius 2 is 1.89 bits per heavy atom. The number of nitrogens with zero attached hydrogens (tertiary/aromatic N) is 1. The van der Waals surface area contributed by atoms with Gasteiger partial charge in [0.25, 0.3) is 0 Å². The third-order valence-corrected chi connectivity index (χ3v) is 5.33. The maximum atomic E-state index is 12.8. The van der Waals surface area contributed by atoms with E-state index in [4.69, 9.17) is 9.84 Å². The molecule has 2 N–H and O–H groups in total. The van der Waals surface area contributed by atoms with Crippen molar-refractivity contribution in [3.8, 4) is 5.75 Å². The molecule has 0 aromatic heterocycles. The summed E-state index contributed by atoms with van der Waals surface area (Å²) in [7, 11) is 0. The number of rotatable bonds is 7. The number of nitrogens with one attached hydrogen (secondary N) is 1. The molecule has 0 saturated heterocycles. The fourth-order valence-electron chi connectivity index (χ4n) is 4.73. The van der Waals surface area contributed by atoms with Gasteiger partial charge in [0, 0.05) is 19.1 Å². The number of carbonyl (C=O) groups excluding carboxylic acids is 1. The van der Waals surface area contributed by atoms with Gasteiger partial charge in [0.15, 0.2) is 0 Å². The van der Waals surface area contributed by atoms with Crippen LogP contribution in [0.15, 0.2) is 30.3 Å². The zero-order valence-corrected chi connectivity index (χ0v) is 17.5. The molecular formula is C22H34N2O4. The van der Waals surface area contributed by atoms with Crippen molar-refractivity contribution >= 4 is 12.2 Å². The number of amides is 2. The summed E-state index contributed by atoms with van der Waals surface area (Å²) in [5, 5.41) is 11.8. The van der Waals surface area contributed by atoms with Crippen molar-refractivity contribution < 1.29 is 19.4 Å². The van der Waals surface area contributed by atoms with Crippen LogP contribution >= 0.6 is 0 Å². The zero-order valence-electron chi connectivity index (χ0n) is 17.5. The minimum absolute atomic E-state index is 0.000121. The number of carbonyl (C=O) groups is 2. The second-order valence-corrected chi connectivity index (χ2v) is 9.16. The van der Waals surface area contributed by atoms with Crippen LogP contribution in [0.1, 0.15) is 59.8 Å². The molecule has 1 aliphatic carbocycles. The second kappa shape index (κ2) is 9.30. The lowest BCUT2D eigenvalue weighted by atomic mass is 9.62. The first-order chi connectivity index (χ1) is 13.1. The van der Waals surface area contributed by atoms with Crippen molar-refractivity contribution in [3.05, 3.63) is 30.3 Å². The maximum absolute atomic E-state index is 12.8. The van der Waals surface area contributed by atoms with Gasteiger partial charge in [-0.1, -0.05) is 52.3 Å². The molecule has 1 aromatic carbocycles. The smallest absolute Gasteiger partial charge is 0.415 e. The lowest BCUT2D eigenvalue weighted by Crippen LogP contribution is -2.51. The van der Waals surface area contributed by atoms with E-state index in [9.17, 15) is 9.59 Å². The van der Waals surface area contributed by atoms with Crippen molar-refractivity contribution in [1.29, 1.82) is 0 Å². The second-order valence-electron chi connectivity index (χ2n) is 9.16. The maximum Gasteiger partial charge on any atom is 0.415 e. The van der Waals surface area contributed by atoms with Crippen molar-refractivity contribution in [2.24, 2.45) is 10.8 Å². The lowest BCUT2D eigenvalue weighted by Gasteiger charge is -2.48. The summed E-state index contributed by atoms with van der Waals surface area (Å²) in [4.78, 5) is 25.8. The van der Waals surface area contributed by atoms with Gasteiger partial charge in [0.1, 0.15) is 5.75 Å². The normalized spacial score (nSPS) is 23.6. The molecule has 6 heteroatoms. The Bertz CT molecular complexity index is 662. The quantitative estimate of drug-likeness (QED) is 0.676. The summed E-state index contributed by atoms with van der Waals surface area (Å²) in [6, 6.07) is 9.00. The van der Waals surface area contributed by atoms with E-state index in [1.807, 2.05) is 18.2 Å². The number of benzene rings is 1. The molecule has 0 aliphatic heterocycles. The number of unbranched alkanes of at least 4 members (excludes halogenated alkanes) is 1. The van der Waals surface area contributed by atoms with Crippen molar-refractivity contribution in [2.75, 3.05) is 13.1 Å². The van der Waals surface area contributed by atoms with Crippen LogP contribution in [0.4, 0.5) is 9.59 Å². The Labute approximate surface area is 168 Å². The largest absolute Gasteiger partial charge is 0.465 e. The molecule has 156 valence electrons. The van der Waals surface area contributed by atoms with Crippen molar-refractivity contribution in [1.82, 2.24) is 10.2 Å². The van der Waals surface area contributed by atoms with Gasteiger partial charge in [-0.15, -0.1) is 0 Å². The minimum Gasteiger partial charge on any atom is -0.465 e. The third kappa shape index (κ3) is 6.73. The summed E-state index contributed by atoms with van der Waals surface area (Å²) in [6.45, 7) is 9.77. The molecule has 2 atom stereocenters. The van der Waals surface area contributed by atoms with E-state index < -0.39 is 6.09 Å². The van der Waals surface area contributed by atoms with Gasteiger partial charge >= 0.3 is 12.2 Å². The summed E-state index contributed by atoms with van der Waals surface area (Å²) in [5.74, 6) is 0.536. The highest BCUT2D eigenvalue weighted by Gasteiger charge is 2.43. The molecule has 2 rings (SSSR count).